The summed E-state index contributed by atoms with van der Waals surface area (Å²) in [6, 6.07) is 6.84. The lowest BCUT2D eigenvalue weighted by Crippen LogP contribution is -2.40. The minimum Gasteiger partial charge on any atom is -0.478 e. The van der Waals surface area contributed by atoms with Gasteiger partial charge in [-0.15, -0.1) is 0 Å². The van der Waals surface area contributed by atoms with E-state index in [9.17, 15) is 14.7 Å². The van der Waals surface area contributed by atoms with Crippen molar-refractivity contribution >= 4 is 35.0 Å². The van der Waals surface area contributed by atoms with Crippen LogP contribution in [0.3, 0.4) is 0 Å². The molecule has 0 aromatic carbocycles. The van der Waals surface area contributed by atoms with Crippen molar-refractivity contribution in [3.8, 4) is 0 Å². The van der Waals surface area contributed by atoms with Crippen molar-refractivity contribution in [3.05, 3.63) is 71.0 Å². The minimum atomic E-state index is -1.16. The average molecular weight is 400 g/mol. The van der Waals surface area contributed by atoms with Gasteiger partial charge in [-0.05, 0) is 24.3 Å². The monoisotopic (exact) mass is 399 g/mol. The number of carboxylic acids is 1. The van der Waals surface area contributed by atoms with Crippen molar-refractivity contribution < 1.29 is 19.1 Å². The lowest BCUT2D eigenvalue weighted by molar-refractivity contribution is -0.119. The smallest absolute Gasteiger partial charge is 0.338 e. The highest BCUT2D eigenvalue weighted by molar-refractivity contribution is 6.29. The molecule has 2 atom stereocenters. The number of pyridine rings is 2. The molecule has 142 valence electrons. The molecule has 9 nitrogen and oxygen atoms in total. The molecule has 0 saturated heterocycles. The van der Waals surface area contributed by atoms with Gasteiger partial charge in [-0.25, -0.2) is 14.8 Å². The van der Waals surface area contributed by atoms with Crippen LogP contribution in [0.25, 0.3) is 0 Å². The first-order valence-corrected chi connectivity index (χ1v) is 8.56. The fourth-order valence-electron chi connectivity index (χ4n) is 3.27. The molecule has 0 radical (unpaired) electrons. The van der Waals surface area contributed by atoms with Gasteiger partial charge in [0.05, 0.1) is 17.5 Å². The van der Waals surface area contributed by atoms with Gasteiger partial charge in [0.15, 0.2) is 12.0 Å². The zero-order chi connectivity index (χ0) is 19.8. The second-order valence-electron chi connectivity index (χ2n) is 6.05. The maximum absolute atomic E-state index is 12.5. The highest BCUT2D eigenvalue weighted by Crippen LogP contribution is 2.47. The molecule has 0 aliphatic carbocycles. The summed E-state index contributed by atoms with van der Waals surface area (Å²) in [5, 5.41) is 13.0. The minimum absolute atomic E-state index is 0.0280. The van der Waals surface area contributed by atoms with E-state index < -0.39 is 24.1 Å². The normalized spacial score (nSPS) is 16.3. The Morgan fingerprint density at radius 1 is 1.29 bits per heavy atom. The van der Waals surface area contributed by atoms with Crippen LogP contribution in [0, 0.1) is 0 Å². The lowest BCUT2D eigenvalue weighted by atomic mass is 10.0. The van der Waals surface area contributed by atoms with Crippen LogP contribution in [0.15, 0.2) is 53.4 Å². The van der Waals surface area contributed by atoms with Crippen LogP contribution < -0.4 is 16.0 Å². The fraction of sp³-hybridized carbons (Fsp3) is 0.111. The van der Waals surface area contributed by atoms with E-state index >= 15 is 0 Å². The number of nitrogens with zero attached hydrogens (tertiary/aromatic N) is 3. The molecule has 28 heavy (non-hydrogen) atoms. The van der Waals surface area contributed by atoms with Crippen LogP contribution >= 0.6 is 11.6 Å². The summed E-state index contributed by atoms with van der Waals surface area (Å²) >= 11 is 5.86. The molecular formula is C18H14ClN5O4. The highest BCUT2D eigenvalue weighted by Gasteiger charge is 2.42. The molecule has 1 aliphatic heterocycles. The number of amides is 1. The third kappa shape index (κ3) is 2.91. The molecule has 0 spiro atoms. The van der Waals surface area contributed by atoms with Crippen molar-refractivity contribution in [3.63, 3.8) is 0 Å². The van der Waals surface area contributed by atoms with Gasteiger partial charge in [-0.2, -0.15) is 0 Å². The number of furan rings is 1. The molecule has 1 amide bonds. The number of fused-ring (bicyclic) bond motifs is 1. The number of anilines is 2. The summed E-state index contributed by atoms with van der Waals surface area (Å²) in [5.74, 6) is -1.10. The fourth-order valence-corrected chi connectivity index (χ4v) is 3.38. The number of aromatic nitrogens is 2. The highest BCUT2D eigenvalue weighted by atomic mass is 35.5. The van der Waals surface area contributed by atoms with Crippen LogP contribution in [-0.4, -0.2) is 27.0 Å². The Kier molecular flexibility index (Phi) is 4.36. The first kappa shape index (κ1) is 17.8. The van der Waals surface area contributed by atoms with E-state index in [1.54, 1.807) is 18.2 Å². The predicted octanol–water partition coefficient (Wildman–Crippen LogP) is 2.58. The van der Waals surface area contributed by atoms with E-state index in [2.05, 4.69) is 15.3 Å². The first-order chi connectivity index (χ1) is 13.5. The summed E-state index contributed by atoms with van der Waals surface area (Å²) in [6.45, 7) is 0. The zero-order valence-electron chi connectivity index (χ0n) is 14.2. The number of hydrogen-bond acceptors (Lipinski definition) is 7. The van der Waals surface area contributed by atoms with Crippen molar-refractivity contribution in [2.24, 2.45) is 5.73 Å². The molecule has 1 aliphatic rings. The number of halogens is 1. The summed E-state index contributed by atoms with van der Waals surface area (Å²) < 4.78 is 5.50. The molecule has 10 heteroatoms. The number of primary amides is 1. The number of nitrogens with two attached hydrogens (primary N) is 1. The Bertz CT molecular complexity index is 1040. The number of aromatic carboxylic acids is 1. The van der Waals surface area contributed by atoms with Crippen LogP contribution in [0.2, 0.25) is 5.15 Å². The van der Waals surface area contributed by atoms with E-state index in [1.807, 2.05) is 0 Å². The Hall–Kier alpha value is -3.59. The maximum Gasteiger partial charge on any atom is 0.338 e. The number of hydrogen-bond donors (Lipinski definition) is 3. The van der Waals surface area contributed by atoms with E-state index in [1.165, 1.54) is 35.7 Å². The third-order valence-electron chi connectivity index (χ3n) is 4.39. The SMILES string of the molecule is NC(=O)C(c1ccc(Cl)nc1)N1c2c(C(=O)O)ccnc2NC1c1ccco1. The second kappa shape index (κ2) is 6.86. The topological polar surface area (TPSA) is 135 Å². The molecule has 4 N–H and O–H groups in total. The number of carbonyl (C=O) groups excluding carboxylic acids is 1. The van der Waals surface area contributed by atoms with Crippen molar-refractivity contribution in [2.45, 2.75) is 12.2 Å². The van der Waals surface area contributed by atoms with Crippen molar-refractivity contribution in [1.82, 2.24) is 9.97 Å². The van der Waals surface area contributed by atoms with Crippen molar-refractivity contribution in [1.29, 1.82) is 0 Å². The first-order valence-electron chi connectivity index (χ1n) is 8.18. The Labute approximate surface area is 163 Å². The molecular weight excluding hydrogens is 386 g/mol. The van der Waals surface area contributed by atoms with Crippen molar-refractivity contribution in [2.75, 3.05) is 10.2 Å². The maximum atomic E-state index is 12.5. The Balaban J connectivity index is 1.93. The molecule has 4 rings (SSSR count). The molecule has 3 aromatic heterocycles. The molecule has 0 saturated carbocycles. The molecule has 2 unspecified atom stereocenters. The average Bonchev–Trinajstić information content (AvgIpc) is 3.31. The lowest BCUT2D eigenvalue weighted by Gasteiger charge is -2.32. The predicted molar refractivity (Wildman–Crippen MR) is 99.9 cm³/mol. The van der Waals surface area contributed by atoms with E-state index in [0.717, 1.165) is 0 Å². The molecule has 3 aromatic rings. The Morgan fingerprint density at radius 3 is 2.71 bits per heavy atom. The summed E-state index contributed by atoms with van der Waals surface area (Å²) in [6.07, 6.45) is 3.57. The van der Waals surface area contributed by atoms with Crippen LogP contribution in [0.1, 0.15) is 33.9 Å². The Morgan fingerprint density at radius 2 is 2.11 bits per heavy atom. The van der Waals surface area contributed by atoms with Gasteiger partial charge >= 0.3 is 5.97 Å². The summed E-state index contributed by atoms with van der Waals surface area (Å²) in [5.41, 5.74) is 6.37. The van der Waals surface area contributed by atoms with Gasteiger partial charge in [0.25, 0.3) is 0 Å². The van der Waals surface area contributed by atoms with Crippen LogP contribution in [0.4, 0.5) is 11.5 Å². The molecule has 0 bridgehead atoms. The molecule has 4 heterocycles. The standard InChI is InChI=1S/C18H14ClN5O4/c19-12-4-3-9(8-22-12)13(15(20)25)24-14-10(18(26)27)5-6-21-16(14)23-17(24)11-2-1-7-28-11/h1-8,13,17H,(H2,20,25)(H,21,23)(H,26,27). The van der Waals surface area contributed by atoms with E-state index in [0.29, 0.717) is 17.1 Å². The summed E-state index contributed by atoms with van der Waals surface area (Å²) in [4.78, 5) is 34.1. The van der Waals surface area contributed by atoms with Gasteiger partial charge in [0.2, 0.25) is 5.91 Å². The van der Waals surface area contributed by atoms with Gasteiger partial charge < -0.3 is 25.5 Å². The molecule has 0 fully saturated rings. The van der Waals surface area contributed by atoms with Gasteiger partial charge in [-0.3, -0.25) is 4.79 Å². The van der Waals surface area contributed by atoms with Gasteiger partial charge in [-0.1, -0.05) is 17.7 Å². The van der Waals surface area contributed by atoms with E-state index in [-0.39, 0.29) is 16.4 Å². The number of carboxylic acid groups (broad SMARTS) is 1. The quantitative estimate of drug-likeness (QED) is 0.557. The number of carbonyl (C=O) groups is 2. The van der Waals surface area contributed by atoms with Crippen LogP contribution in [-0.2, 0) is 4.79 Å². The zero-order valence-corrected chi connectivity index (χ0v) is 15.0. The van der Waals surface area contributed by atoms with Crippen LogP contribution in [0.5, 0.6) is 0 Å². The number of nitrogens with one attached hydrogen (secondary N) is 1. The largest absolute Gasteiger partial charge is 0.478 e. The van der Waals surface area contributed by atoms with E-state index in [4.69, 9.17) is 21.8 Å². The summed E-state index contributed by atoms with van der Waals surface area (Å²) in [7, 11) is 0. The van der Waals surface area contributed by atoms with Gasteiger partial charge in [0.1, 0.15) is 17.0 Å². The van der Waals surface area contributed by atoms with Gasteiger partial charge in [0, 0.05) is 18.0 Å². The number of rotatable bonds is 5. The second-order valence-corrected chi connectivity index (χ2v) is 6.44. The third-order valence-corrected chi connectivity index (χ3v) is 4.61.